The van der Waals surface area contributed by atoms with Crippen molar-refractivity contribution in [3.05, 3.63) is 65.2 Å². The summed E-state index contributed by atoms with van der Waals surface area (Å²) in [6.45, 7) is 0. The fourth-order valence-electron chi connectivity index (χ4n) is 2.02. The first-order valence-corrected chi connectivity index (χ1v) is 5.23. The molecule has 0 aliphatic carbocycles. The molecular weight excluding hydrogens is 287 g/mol. The van der Waals surface area contributed by atoms with Crippen LogP contribution >= 0.6 is 0 Å². The Balaban J connectivity index is 0.00000108. The third-order valence-electron chi connectivity index (χ3n) is 2.85. The van der Waals surface area contributed by atoms with Crippen LogP contribution in [0.15, 0.2) is 42.5 Å². The van der Waals surface area contributed by atoms with Crippen molar-refractivity contribution in [1.82, 2.24) is 0 Å². The molecule has 0 bridgehead atoms. The van der Waals surface area contributed by atoms with Gasteiger partial charge in [-0.1, -0.05) is 23.9 Å². The van der Waals surface area contributed by atoms with Crippen LogP contribution in [0.4, 0.5) is 5.69 Å². The van der Waals surface area contributed by atoms with Gasteiger partial charge in [-0.15, -0.1) is 5.56 Å². The van der Waals surface area contributed by atoms with E-state index >= 15 is 0 Å². The molecule has 1 amide bonds. The van der Waals surface area contributed by atoms with Crippen LogP contribution in [-0.4, -0.2) is 5.91 Å². The normalized spacial score (nSPS) is 12.6. The molecule has 0 saturated heterocycles. The van der Waals surface area contributed by atoms with Crippen molar-refractivity contribution in [3.8, 4) is 0 Å². The summed E-state index contributed by atoms with van der Waals surface area (Å²) in [5, 5.41) is 2.91. The number of anilines is 1. The Morgan fingerprint density at radius 1 is 1.12 bits per heavy atom. The molecule has 1 N–H and O–H groups in total. The summed E-state index contributed by atoms with van der Waals surface area (Å²) < 4.78 is 0. The van der Waals surface area contributed by atoms with E-state index in [2.05, 4.69) is 11.4 Å². The molecule has 1 aliphatic rings. The molecule has 1 heterocycles. The number of hydrogen-bond acceptors (Lipinski definition) is 1. The number of carbonyl (C=O) groups is 1. The number of rotatable bonds is 0. The summed E-state index contributed by atoms with van der Waals surface area (Å²) >= 11 is 0. The zero-order valence-electron chi connectivity index (χ0n) is 9.23. The maximum atomic E-state index is 11.9. The van der Waals surface area contributed by atoms with Gasteiger partial charge in [-0.25, -0.2) is 0 Å². The number of carbonyl (C=O) groups excluding carboxylic acids is 1. The van der Waals surface area contributed by atoms with Crippen LogP contribution in [0.25, 0.3) is 0 Å². The van der Waals surface area contributed by atoms with Crippen molar-refractivity contribution in [3.63, 3.8) is 0 Å². The van der Waals surface area contributed by atoms with Gasteiger partial charge in [-0.3, -0.25) is 4.79 Å². The van der Waals surface area contributed by atoms with Crippen molar-refractivity contribution in [2.45, 2.75) is 6.42 Å². The molecule has 3 heteroatoms. The van der Waals surface area contributed by atoms with Gasteiger partial charge in [0.2, 0.25) is 5.91 Å². The maximum Gasteiger partial charge on any atom is 0.245 e. The summed E-state index contributed by atoms with van der Waals surface area (Å²) in [5.74, 6) is -0.0334. The maximum absolute atomic E-state index is 11.9. The van der Waals surface area contributed by atoms with Gasteiger partial charge >= 0.3 is 0 Å². The number of benzene rings is 2. The van der Waals surface area contributed by atoms with Gasteiger partial charge in [-0.2, -0.15) is 24.3 Å². The second-order valence-electron chi connectivity index (χ2n) is 3.87. The minimum absolute atomic E-state index is 0. The summed E-state index contributed by atoms with van der Waals surface area (Å²) in [6.07, 6.45) is 0.791. The number of fused-ring (bicyclic) bond motifs is 2. The van der Waals surface area contributed by atoms with Gasteiger partial charge in [0.15, 0.2) is 0 Å². The Hall–Kier alpha value is -0.986. The van der Waals surface area contributed by atoms with Crippen molar-refractivity contribution >= 4 is 11.6 Å². The van der Waals surface area contributed by atoms with Gasteiger partial charge in [0.25, 0.3) is 0 Å². The zero-order chi connectivity index (χ0) is 11.0. The van der Waals surface area contributed by atoms with Gasteiger partial charge in [-0.05, 0) is 18.1 Å². The van der Waals surface area contributed by atoms with Gasteiger partial charge in [0.05, 0.1) is 0 Å². The van der Waals surface area contributed by atoms with E-state index in [1.165, 1.54) is 0 Å². The van der Waals surface area contributed by atoms with Crippen LogP contribution in [-0.2, 0) is 39.1 Å². The van der Waals surface area contributed by atoms with Crippen molar-refractivity contribution in [2.75, 3.05) is 5.32 Å². The quantitative estimate of drug-likeness (QED) is 0.744. The number of amides is 1. The fourth-order valence-corrected chi connectivity index (χ4v) is 2.02. The molecule has 1 radical (unpaired) electrons. The third kappa shape index (κ3) is 2.33. The van der Waals surface area contributed by atoms with E-state index in [4.69, 9.17) is 0 Å². The molecule has 0 spiro atoms. The molecule has 2 nitrogen and oxygen atoms in total. The predicted molar refractivity (Wildman–Crippen MR) is 62.5 cm³/mol. The minimum atomic E-state index is -0.0334. The first kappa shape index (κ1) is 12.5. The van der Waals surface area contributed by atoms with Crippen LogP contribution in [0.1, 0.15) is 21.5 Å². The molecule has 2 aromatic rings. The molecule has 3 rings (SSSR count). The van der Waals surface area contributed by atoms with Crippen LogP contribution in [0, 0.1) is 6.07 Å². The average molecular weight is 297 g/mol. The Morgan fingerprint density at radius 2 is 1.94 bits per heavy atom. The first-order valence-electron chi connectivity index (χ1n) is 5.23. The van der Waals surface area contributed by atoms with Crippen LogP contribution in [0.5, 0.6) is 0 Å². The molecular formula is C14H10NOY-. The van der Waals surface area contributed by atoms with E-state index in [-0.39, 0.29) is 38.6 Å². The van der Waals surface area contributed by atoms with Crippen molar-refractivity contribution in [1.29, 1.82) is 0 Å². The van der Waals surface area contributed by atoms with E-state index in [0.29, 0.717) is 0 Å². The summed E-state index contributed by atoms with van der Waals surface area (Å²) in [7, 11) is 0. The molecule has 1 aliphatic heterocycles. The van der Waals surface area contributed by atoms with Crippen LogP contribution in [0.2, 0.25) is 0 Å². The van der Waals surface area contributed by atoms with E-state index < -0.39 is 0 Å². The monoisotopic (exact) mass is 297 g/mol. The average Bonchev–Trinajstić information content (AvgIpc) is 2.45. The third-order valence-corrected chi connectivity index (χ3v) is 2.85. The molecule has 0 atom stereocenters. The second-order valence-corrected chi connectivity index (χ2v) is 3.87. The van der Waals surface area contributed by atoms with E-state index in [9.17, 15) is 4.79 Å². The topological polar surface area (TPSA) is 29.1 Å². The molecule has 2 aromatic carbocycles. The summed E-state index contributed by atoms with van der Waals surface area (Å²) in [5.41, 5.74) is 3.84. The number of hydrogen-bond donors (Lipinski definition) is 1. The molecule has 17 heavy (non-hydrogen) atoms. The molecule has 0 fully saturated rings. The Labute approximate surface area is 125 Å². The second kappa shape index (κ2) is 5.11. The Morgan fingerprint density at radius 3 is 2.82 bits per heavy atom. The van der Waals surface area contributed by atoms with Gasteiger partial charge in [0.1, 0.15) is 0 Å². The van der Waals surface area contributed by atoms with Crippen molar-refractivity contribution in [2.24, 2.45) is 0 Å². The Kier molecular flexibility index (Phi) is 3.75. The van der Waals surface area contributed by atoms with Gasteiger partial charge < -0.3 is 5.32 Å². The molecule has 0 aromatic heterocycles. The largest absolute Gasteiger partial charge is 0.375 e. The fraction of sp³-hybridized carbons (Fsp3) is 0.0714. The summed E-state index contributed by atoms with van der Waals surface area (Å²) in [6, 6.07) is 16.4. The van der Waals surface area contributed by atoms with Gasteiger partial charge in [0, 0.05) is 38.3 Å². The predicted octanol–water partition coefficient (Wildman–Crippen LogP) is 2.64. The van der Waals surface area contributed by atoms with Crippen molar-refractivity contribution < 1.29 is 37.5 Å². The van der Waals surface area contributed by atoms with E-state index in [1.807, 2.05) is 42.5 Å². The SMILES string of the molecule is O=C1Nc2c[c-]ccc2Cc2ccccc21.[Y]. The standard InChI is InChI=1S/C14H10NO.Y/c16-14-12-7-3-1-5-10(12)9-11-6-2-4-8-13(11)15-14;/h1-3,5-8H,9H2,(H,15,16);/q-1;. The molecule has 0 saturated carbocycles. The number of nitrogens with one attached hydrogen (secondary N) is 1. The molecule has 81 valence electrons. The van der Waals surface area contributed by atoms with Crippen LogP contribution < -0.4 is 5.32 Å². The van der Waals surface area contributed by atoms with Crippen LogP contribution in [0.3, 0.4) is 0 Å². The minimum Gasteiger partial charge on any atom is -0.375 e. The smallest absolute Gasteiger partial charge is 0.245 e. The summed E-state index contributed by atoms with van der Waals surface area (Å²) in [4.78, 5) is 11.9. The van der Waals surface area contributed by atoms with E-state index in [0.717, 1.165) is 28.8 Å². The zero-order valence-corrected chi connectivity index (χ0v) is 12.1. The Bertz CT molecular complexity index is 566. The molecule has 0 unspecified atom stereocenters. The van der Waals surface area contributed by atoms with E-state index in [1.54, 1.807) is 0 Å². The first-order chi connectivity index (χ1) is 7.84.